The third kappa shape index (κ3) is 5.12. The molecule has 0 radical (unpaired) electrons. The summed E-state index contributed by atoms with van der Waals surface area (Å²) >= 11 is 0. The van der Waals surface area contributed by atoms with E-state index in [-0.39, 0.29) is 18.1 Å². The maximum Gasteiger partial charge on any atom is 0.238 e. The van der Waals surface area contributed by atoms with Crippen LogP contribution in [0.2, 0.25) is 0 Å². The Kier molecular flexibility index (Phi) is 6.18. The van der Waals surface area contributed by atoms with Gasteiger partial charge in [-0.2, -0.15) is 0 Å². The summed E-state index contributed by atoms with van der Waals surface area (Å²) < 4.78 is 13.4. The number of rotatable bonds is 5. The highest BCUT2D eigenvalue weighted by molar-refractivity contribution is 5.92. The Morgan fingerprint density at radius 2 is 1.90 bits per heavy atom. The van der Waals surface area contributed by atoms with Crippen molar-refractivity contribution in [2.24, 2.45) is 5.92 Å². The summed E-state index contributed by atoms with van der Waals surface area (Å²) in [4.78, 5) is 11.9. The van der Waals surface area contributed by atoms with Gasteiger partial charge in [0.05, 0.1) is 12.2 Å². The number of hydrogen-bond acceptors (Lipinski definition) is 2. The van der Waals surface area contributed by atoms with E-state index in [1.807, 2.05) is 0 Å². The maximum atomic E-state index is 13.4. The predicted molar refractivity (Wildman–Crippen MR) is 83.7 cm³/mol. The fourth-order valence-corrected chi connectivity index (χ4v) is 2.99. The molecule has 0 aliphatic heterocycles. The zero-order chi connectivity index (χ0) is 15.1. The lowest BCUT2D eigenvalue weighted by atomic mass is 9.93. The van der Waals surface area contributed by atoms with E-state index in [1.165, 1.54) is 44.6 Å². The van der Waals surface area contributed by atoms with E-state index >= 15 is 0 Å². The minimum Gasteiger partial charge on any atom is -0.322 e. The van der Waals surface area contributed by atoms with Gasteiger partial charge in [-0.3, -0.25) is 4.79 Å². The Balaban J connectivity index is 1.76. The Morgan fingerprint density at radius 1 is 1.24 bits per heavy atom. The van der Waals surface area contributed by atoms with Crippen molar-refractivity contribution in [3.8, 4) is 0 Å². The monoisotopic (exact) mass is 292 g/mol. The number of carbonyl (C=O) groups excluding carboxylic acids is 1. The number of nitrogens with one attached hydrogen (secondary N) is 2. The highest BCUT2D eigenvalue weighted by Gasteiger charge is 2.19. The number of anilines is 1. The molecule has 0 aromatic heterocycles. The number of amides is 1. The lowest BCUT2D eigenvalue weighted by Crippen LogP contribution is -2.38. The summed E-state index contributed by atoms with van der Waals surface area (Å²) in [5, 5.41) is 5.89. The molecule has 3 nitrogen and oxygen atoms in total. The molecule has 1 aliphatic rings. The lowest BCUT2D eigenvalue weighted by Gasteiger charge is -2.23. The first-order valence-electron chi connectivity index (χ1n) is 7.94. The Hall–Kier alpha value is -1.42. The van der Waals surface area contributed by atoms with Crippen molar-refractivity contribution in [2.75, 3.05) is 11.9 Å². The molecule has 1 saturated carbocycles. The van der Waals surface area contributed by atoms with E-state index in [1.54, 1.807) is 18.2 Å². The fraction of sp³-hybridized carbons (Fsp3) is 0.588. The molecule has 1 aromatic rings. The molecule has 1 amide bonds. The van der Waals surface area contributed by atoms with Gasteiger partial charge in [-0.1, -0.05) is 37.8 Å². The normalized spacial score (nSPS) is 18.0. The summed E-state index contributed by atoms with van der Waals surface area (Å²) in [5.74, 6) is 0.0528. The molecule has 0 heterocycles. The number of carbonyl (C=O) groups is 1. The van der Waals surface area contributed by atoms with Gasteiger partial charge in [0.25, 0.3) is 0 Å². The summed E-state index contributed by atoms with van der Waals surface area (Å²) in [7, 11) is 0. The largest absolute Gasteiger partial charge is 0.322 e. The standard InChI is InChI=1S/C17H25FN2O/c1-13(14-8-4-2-3-5-9-14)19-12-17(21)20-16-11-7-6-10-15(16)18/h6-7,10-11,13-14,19H,2-5,8-9,12H2,1H3,(H,20,21)/t13-/m0/s1. The number of benzene rings is 1. The molecular weight excluding hydrogens is 267 g/mol. The van der Waals surface area contributed by atoms with Crippen molar-refractivity contribution in [3.05, 3.63) is 30.1 Å². The van der Waals surface area contributed by atoms with E-state index in [0.717, 1.165) is 0 Å². The summed E-state index contributed by atoms with van der Waals surface area (Å²) in [6.07, 6.45) is 7.72. The molecule has 4 heteroatoms. The summed E-state index contributed by atoms with van der Waals surface area (Å²) in [5.41, 5.74) is 0.242. The lowest BCUT2D eigenvalue weighted by molar-refractivity contribution is -0.115. The molecule has 0 unspecified atom stereocenters. The number of hydrogen-bond donors (Lipinski definition) is 2. The van der Waals surface area contributed by atoms with Crippen LogP contribution in [-0.4, -0.2) is 18.5 Å². The molecule has 2 N–H and O–H groups in total. The first-order chi connectivity index (χ1) is 10.2. The van der Waals surface area contributed by atoms with Crippen LogP contribution in [0.1, 0.15) is 45.4 Å². The van der Waals surface area contributed by atoms with Gasteiger partial charge in [0.15, 0.2) is 0 Å². The Morgan fingerprint density at radius 3 is 2.57 bits per heavy atom. The molecule has 21 heavy (non-hydrogen) atoms. The molecule has 1 fully saturated rings. The molecule has 0 spiro atoms. The topological polar surface area (TPSA) is 41.1 Å². The maximum absolute atomic E-state index is 13.4. The Bertz CT molecular complexity index is 456. The number of para-hydroxylation sites is 1. The van der Waals surface area contributed by atoms with Crippen LogP contribution in [0.4, 0.5) is 10.1 Å². The van der Waals surface area contributed by atoms with E-state index in [9.17, 15) is 9.18 Å². The molecule has 116 valence electrons. The molecule has 1 aliphatic carbocycles. The van der Waals surface area contributed by atoms with Crippen LogP contribution in [0.3, 0.4) is 0 Å². The third-order valence-electron chi connectivity index (χ3n) is 4.34. The van der Waals surface area contributed by atoms with Crippen LogP contribution >= 0.6 is 0 Å². The average molecular weight is 292 g/mol. The van der Waals surface area contributed by atoms with Crippen molar-refractivity contribution >= 4 is 11.6 Å². The minimum atomic E-state index is -0.400. The highest BCUT2D eigenvalue weighted by Crippen LogP contribution is 2.25. The third-order valence-corrected chi connectivity index (χ3v) is 4.34. The van der Waals surface area contributed by atoms with Gasteiger partial charge in [0.2, 0.25) is 5.91 Å². The van der Waals surface area contributed by atoms with E-state index < -0.39 is 5.82 Å². The van der Waals surface area contributed by atoms with Gasteiger partial charge in [0.1, 0.15) is 5.82 Å². The van der Waals surface area contributed by atoms with E-state index in [0.29, 0.717) is 12.0 Å². The van der Waals surface area contributed by atoms with Crippen LogP contribution in [0.25, 0.3) is 0 Å². The minimum absolute atomic E-state index is 0.194. The zero-order valence-corrected chi connectivity index (χ0v) is 12.7. The van der Waals surface area contributed by atoms with Gasteiger partial charge in [-0.05, 0) is 37.8 Å². The average Bonchev–Trinajstić information content (AvgIpc) is 2.76. The Labute approximate surface area is 126 Å². The van der Waals surface area contributed by atoms with Crippen LogP contribution in [0.15, 0.2) is 24.3 Å². The van der Waals surface area contributed by atoms with Crippen LogP contribution < -0.4 is 10.6 Å². The quantitative estimate of drug-likeness (QED) is 0.812. The summed E-state index contributed by atoms with van der Waals surface area (Å²) in [6.45, 7) is 2.37. The first kappa shape index (κ1) is 16.0. The molecular formula is C17H25FN2O. The first-order valence-corrected chi connectivity index (χ1v) is 7.94. The van der Waals surface area contributed by atoms with E-state index in [4.69, 9.17) is 0 Å². The number of halogens is 1. The van der Waals surface area contributed by atoms with Crippen molar-refractivity contribution < 1.29 is 9.18 Å². The van der Waals surface area contributed by atoms with Crippen molar-refractivity contribution in [1.29, 1.82) is 0 Å². The van der Waals surface area contributed by atoms with Gasteiger partial charge < -0.3 is 10.6 Å². The van der Waals surface area contributed by atoms with Gasteiger partial charge in [-0.25, -0.2) is 4.39 Å². The molecule has 2 rings (SSSR count). The van der Waals surface area contributed by atoms with Crippen molar-refractivity contribution in [3.63, 3.8) is 0 Å². The molecule has 0 bridgehead atoms. The van der Waals surface area contributed by atoms with Crippen molar-refractivity contribution in [1.82, 2.24) is 5.32 Å². The summed E-state index contributed by atoms with van der Waals surface area (Å²) in [6, 6.07) is 6.56. The molecule has 0 saturated heterocycles. The molecule has 1 aromatic carbocycles. The van der Waals surface area contributed by atoms with Crippen molar-refractivity contribution in [2.45, 2.75) is 51.5 Å². The second-order valence-electron chi connectivity index (χ2n) is 5.95. The van der Waals surface area contributed by atoms with Gasteiger partial charge in [-0.15, -0.1) is 0 Å². The second kappa shape index (κ2) is 8.13. The predicted octanol–water partition coefficient (Wildman–Crippen LogP) is 3.71. The fourth-order valence-electron chi connectivity index (χ4n) is 2.99. The van der Waals surface area contributed by atoms with Crippen LogP contribution in [0.5, 0.6) is 0 Å². The van der Waals surface area contributed by atoms with Crippen LogP contribution in [0, 0.1) is 11.7 Å². The van der Waals surface area contributed by atoms with Gasteiger partial charge in [0, 0.05) is 6.04 Å². The molecule has 1 atom stereocenters. The zero-order valence-electron chi connectivity index (χ0n) is 12.7. The SMILES string of the molecule is C[C@H](NCC(=O)Nc1ccccc1F)C1CCCCCC1. The van der Waals surface area contributed by atoms with Gasteiger partial charge >= 0.3 is 0 Å². The highest BCUT2D eigenvalue weighted by atomic mass is 19.1. The smallest absolute Gasteiger partial charge is 0.238 e. The second-order valence-corrected chi connectivity index (χ2v) is 5.95. The van der Waals surface area contributed by atoms with Crippen LogP contribution in [-0.2, 0) is 4.79 Å². The van der Waals surface area contributed by atoms with E-state index in [2.05, 4.69) is 17.6 Å².